The van der Waals surface area contributed by atoms with E-state index in [0.717, 1.165) is 11.3 Å². The van der Waals surface area contributed by atoms with E-state index in [1.165, 1.54) is 6.20 Å². The van der Waals surface area contributed by atoms with Crippen molar-refractivity contribution in [2.75, 3.05) is 10.7 Å². The number of nitrogens with zero attached hydrogens (tertiary/aromatic N) is 1. The van der Waals surface area contributed by atoms with Crippen molar-refractivity contribution in [3.8, 4) is 0 Å². The van der Waals surface area contributed by atoms with Gasteiger partial charge in [-0.3, -0.25) is 4.79 Å². The minimum absolute atomic E-state index is 0.194. The maximum atomic E-state index is 12.0. The molecule has 0 radical (unpaired) electrons. The first-order valence-electron chi connectivity index (χ1n) is 5.50. The van der Waals surface area contributed by atoms with Crippen molar-refractivity contribution in [1.29, 1.82) is 0 Å². The van der Waals surface area contributed by atoms with Gasteiger partial charge in [0.1, 0.15) is 5.82 Å². The summed E-state index contributed by atoms with van der Waals surface area (Å²) in [5, 5.41) is 2.83. The first-order chi connectivity index (χ1) is 8.70. The molecule has 4 N–H and O–H groups in total. The van der Waals surface area contributed by atoms with Gasteiger partial charge in [-0.2, -0.15) is 0 Å². The molecule has 5 nitrogen and oxygen atoms in total. The molecule has 0 aliphatic carbocycles. The number of anilines is 2. The predicted molar refractivity (Wildman–Crippen MR) is 71.2 cm³/mol. The van der Waals surface area contributed by atoms with Gasteiger partial charge in [0.15, 0.2) is 0 Å². The summed E-state index contributed by atoms with van der Waals surface area (Å²) in [4.78, 5) is 15.9. The van der Waals surface area contributed by atoms with E-state index < -0.39 is 0 Å². The van der Waals surface area contributed by atoms with Gasteiger partial charge in [0.2, 0.25) is 0 Å². The van der Waals surface area contributed by atoms with Crippen LogP contribution in [0.15, 0.2) is 42.6 Å². The number of aryl methyl sites for hydroxylation is 1. The Morgan fingerprint density at radius 3 is 2.61 bits per heavy atom. The van der Waals surface area contributed by atoms with Gasteiger partial charge in [0, 0.05) is 11.9 Å². The quantitative estimate of drug-likeness (QED) is 0.567. The standard InChI is InChI=1S/C13H14N4O/c1-9-4-2-3-5-11(9)16-13(18)10-6-7-12(17-14)15-8-10/h2-8H,14H2,1H3,(H,15,17)(H,16,18). The number of rotatable bonds is 3. The Bertz CT molecular complexity index is 551. The van der Waals surface area contributed by atoms with E-state index in [0.29, 0.717) is 11.4 Å². The molecule has 1 aromatic heterocycles. The van der Waals surface area contributed by atoms with Crippen molar-refractivity contribution in [3.05, 3.63) is 53.7 Å². The number of aromatic nitrogens is 1. The van der Waals surface area contributed by atoms with Crippen LogP contribution in [0.1, 0.15) is 15.9 Å². The molecule has 0 saturated heterocycles. The summed E-state index contributed by atoms with van der Waals surface area (Å²) in [5.41, 5.74) is 4.70. The summed E-state index contributed by atoms with van der Waals surface area (Å²) in [5.74, 6) is 5.53. The molecule has 5 heteroatoms. The topological polar surface area (TPSA) is 80.0 Å². The molecule has 0 saturated carbocycles. The van der Waals surface area contributed by atoms with Crippen molar-refractivity contribution >= 4 is 17.4 Å². The number of nitrogen functional groups attached to an aromatic ring is 1. The van der Waals surface area contributed by atoms with Crippen molar-refractivity contribution in [2.24, 2.45) is 5.84 Å². The highest BCUT2D eigenvalue weighted by Gasteiger charge is 2.07. The summed E-state index contributed by atoms with van der Waals surface area (Å²) in [6.45, 7) is 1.94. The molecule has 0 unspecified atom stereocenters. The first kappa shape index (κ1) is 12.1. The van der Waals surface area contributed by atoms with Crippen LogP contribution in [-0.4, -0.2) is 10.9 Å². The normalized spacial score (nSPS) is 9.89. The summed E-state index contributed by atoms with van der Waals surface area (Å²) >= 11 is 0. The number of para-hydroxylation sites is 1. The van der Waals surface area contributed by atoms with Gasteiger partial charge >= 0.3 is 0 Å². The number of carbonyl (C=O) groups is 1. The molecule has 2 aromatic rings. The highest BCUT2D eigenvalue weighted by Crippen LogP contribution is 2.14. The number of carbonyl (C=O) groups excluding carboxylic acids is 1. The number of hydrogen-bond donors (Lipinski definition) is 3. The molecule has 1 amide bonds. The third-order valence-electron chi connectivity index (χ3n) is 2.57. The van der Waals surface area contributed by atoms with Crippen LogP contribution < -0.4 is 16.6 Å². The zero-order chi connectivity index (χ0) is 13.0. The molecule has 0 fully saturated rings. The minimum Gasteiger partial charge on any atom is -0.322 e. The Hall–Kier alpha value is -2.40. The molecule has 0 bridgehead atoms. The monoisotopic (exact) mass is 242 g/mol. The van der Waals surface area contributed by atoms with Crippen LogP contribution in [0.25, 0.3) is 0 Å². The molecule has 0 aliphatic rings. The van der Waals surface area contributed by atoms with E-state index in [1.807, 2.05) is 31.2 Å². The zero-order valence-corrected chi connectivity index (χ0v) is 9.97. The van der Waals surface area contributed by atoms with E-state index in [-0.39, 0.29) is 5.91 Å². The lowest BCUT2D eigenvalue weighted by molar-refractivity contribution is 0.102. The fraction of sp³-hybridized carbons (Fsp3) is 0.0769. The SMILES string of the molecule is Cc1ccccc1NC(=O)c1ccc(NN)nc1. The molecule has 0 spiro atoms. The van der Waals surface area contributed by atoms with Gasteiger partial charge in [-0.25, -0.2) is 10.8 Å². The summed E-state index contributed by atoms with van der Waals surface area (Å²) in [7, 11) is 0. The molecule has 0 atom stereocenters. The highest BCUT2D eigenvalue weighted by atomic mass is 16.1. The maximum absolute atomic E-state index is 12.0. The van der Waals surface area contributed by atoms with Gasteiger partial charge < -0.3 is 10.7 Å². The number of nitrogens with one attached hydrogen (secondary N) is 2. The molecular formula is C13H14N4O. The second-order valence-electron chi connectivity index (χ2n) is 3.85. The fourth-order valence-electron chi connectivity index (χ4n) is 1.52. The first-order valence-corrected chi connectivity index (χ1v) is 5.50. The van der Waals surface area contributed by atoms with E-state index in [1.54, 1.807) is 12.1 Å². The lowest BCUT2D eigenvalue weighted by Gasteiger charge is -2.08. The third-order valence-corrected chi connectivity index (χ3v) is 2.57. The zero-order valence-electron chi connectivity index (χ0n) is 9.97. The number of nitrogens with two attached hydrogens (primary N) is 1. The fourth-order valence-corrected chi connectivity index (χ4v) is 1.52. The number of hydrogen-bond acceptors (Lipinski definition) is 4. The Kier molecular flexibility index (Phi) is 3.54. The smallest absolute Gasteiger partial charge is 0.257 e. The predicted octanol–water partition coefficient (Wildman–Crippen LogP) is 1.93. The van der Waals surface area contributed by atoms with Crippen LogP contribution in [0.4, 0.5) is 11.5 Å². The van der Waals surface area contributed by atoms with Crippen molar-refractivity contribution in [1.82, 2.24) is 4.98 Å². The number of amides is 1. The highest BCUT2D eigenvalue weighted by molar-refractivity contribution is 6.04. The Balaban J connectivity index is 2.14. The van der Waals surface area contributed by atoms with Crippen molar-refractivity contribution in [3.63, 3.8) is 0 Å². The molecule has 0 aliphatic heterocycles. The second-order valence-corrected chi connectivity index (χ2v) is 3.85. The van der Waals surface area contributed by atoms with Crippen LogP contribution in [0.3, 0.4) is 0 Å². The summed E-state index contributed by atoms with van der Waals surface area (Å²) in [6, 6.07) is 10.9. The van der Waals surface area contributed by atoms with E-state index in [2.05, 4.69) is 15.7 Å². The Morgan fingerprint density at radius 2 is 2.00 bits per heavy atom. The summed E-state index contributed by atoms with van der Waals surface area (Å²) < 4.78 is 0. The van der Waals surface area contributed by atoms with Crippen LogP contribution in [-0.2, 0) is 0 Å². The average Bonchev–Trinajstić information content (AvgIpc) is 2.41. The number of pyridine rings is 1. The lowest BCUT2D eigenvalue weighted by Crippen LogP contribution is -2.14. The maximum Gasteiger partial charge on any atom is 0.257 e. The van der Waals surface area contributed by atoms with Gasteiger partial charge in [-0.15, -0.1) is 0 Å². The molecule has 1 heterocycles. The Labute approximate surface area is 105 Å². The average molecular weight is 242 g/mol. The lowest BCUT2D eigenvalue weighted by atomic mass is 10.2. The Morgan fingerprint density at radius 1 is 1.22 bits per heavy atom. The minimum atomic E-state index is -0.194. The second kappa shape index (κ2) is 5.29. The van der Waals surface area contributed by atoms with Gasteiger partial charge in [-0.05, 0) is 30.7 Å². The molecular weight excluding hydrogens is 228 g/mol. The van der Waals surface area contributed by atoms with Crippen LogP contribution in [0.5, 0.6) is 0 Å². The molecule has 92 valence electrons. The van der Waals surface area contributed by atoms with E-state index >= 15 is 0 Å². The molecule has 18 heavy (non-hydrogen) atoms. The number of benzene rings is 1. The van der Waals surface area contributed by atoms with E-state index in [4.69, 9.17) is 5.84 Å². The van der Waals surface area contributed by atoms with Gasteiger partial charge in [-0.1, -0.05) is 18.2 Å². The van der Waals surface area contributed by atoms with Crippen LogP contribution in [0, 0.1) is 6.92 Å². The summed E-state index contributed by atoms with van der Waals surface area (Å²) in [6.07, 6.45) is 1.48. The van der Waals surface area contributed by atoms with Crippen molar-refractivity contribution in [2.45, 2.75) is 6.92 Å². The largest absolute Gasteiger partial charge is 0.322 e. The van der Waals surface area contributed by atoms with Gasteiger partial charge in [0.05, 0.1) is 5.56 Å². The van der Waals surface area contributed by atoms with Crippen LogP contribution in [0.2, 0.25) is 0 Å². The number of hydrazine groups is 1. The van der Waals surface area contributed by atoms with E-state index in [9.17, 15) is 4.79 Å². The van der Waals surface area contributed by atoms with Crippen LogP contribution >= 0.6 is 0 Å². The molecule has 2 rings (SSSR count). The third kappa shape index (κ3) is 2.64. The van der Waals surface area contributed by atoms with Gasteiger partial charge in [0.25, 0.3) is 5.91 Å². The molecule has 1 aromatic carbocycles. The van der Waals surface area contributed by atoms with Crippen molar-refractivity contribution < 1.29 is 4.79 Å².